The second kappa shape index (κ2) is 6.29. The van der Waals surface area contributed by atoms with Gasteiger partial charge in [0.25, 0.3) is 5.91 Å². The van der Waals surface area contributed by atoms with Crippen LogP contribution in [0.2, 0.25) is 0 Å². The van der Waals surface area contributed by atoms with E-state index in [0.29, 0.717) is 6.54 Å². The summed E-state index contributed by atoms with van der Waals surface area (Å²) < 4.78 is 33.5. The summed E-state index contributed by atoms with van der Waals surface area (Å²) in [5, 5.41) is 6.46. The third-order valence-corrected chi connectivity index (χ3v) is 2.81. The Kier molecular flexibility index (Phi) is 4.46. The van der Waals surface area contributed by atoms with Crippen LogP contribution in [0.15, 0.2) is 24.8 Å². The SMILES string of the molecule is COc1ccc(F)c(F)c1C(=O)N[C@H](C)Cn1cncn1. The third-order valence-electron chi connectivity index (χ3n) is 2.81. The molecule has 0 saturated heterocycles. The van der Waals surface area contributed by atoms with E-state index in [0.717, 1.165) is 6.07 Å². The minimum absolute atomic E-state index is 0.0284. The number of hydrogen-bond donors (Lipinski definition) is 1. The van der Waals surface area contributed by atoms with Crippen LogP contribution in [-0.2, 0) is 6.54 Å². The van der Waals surface area contributed by atoms with E-state index in [2.05, 4.69) is 15.4 Å². The Hall–Kier alpha value is -2.51. The van der Waals surface area contributed by atoms with Crippen LogP contribution >= 0.6 is 0 Å². The fraction of sp³-hybridized carbons (Fsp3) is 0.308. The molecule has 0 radical (unpaired) electrons. The van der Waals surface area contributed by atoms with E-state index < -0.39 is 23.1 Å². The van der Waals surface area contributed by atoms with Gasteiger partial charge in [-0.05, 0) is 19.1 Å². The minimum Gasteiger partial charge on any atom is -0.496 e. The first-order valence-electron chi connectivity index (χ1n) is 6.18. The number of carbonyl (C=O) groups is 1. The van der Waals surface area contributed by atoms with Crippen molar-refractivity contribution in [1.29, 1.82) is 0 Å². The van der Waals surface area contributed by atoms with Crippen molar-refractivity contribution in [1.82, 2.24) is 20.1 Å². The number of aromatic nitrogens is 3. The van der Waals surface area contributed by atoms with Crippen molar-refractivity contribution in [3.8, 4) is 5.75 Å². The number of nitrogens with zero attached hydrogens (tertiary/aromatic N) is 3. The topological polar surface area (TPSA) is 69.0 Å². The highest BCUT2D eigenvalue weighted by atomic mass is 19.2. The zero-order valence-corrected chi connectivity index (χ0v) is 11.5. The molecule has 1 atom stereocenters. The molecule has 1 aromatic heterocycles. The number of ether oxygens (including phenoxy) is 1. The second-order valence-corrected chi connectivity index (χ2v) is 4.43. The number of nitrogens with one attached hydrogen (secondary N) is 1. The number of amides is 1. The molecular formula is C13H14F2N4O2. The Labute approximate surface area is 119 Å². The van der Waals surface area contributed by atoms with E-state index in [1.165, 1.54) is 30.5 Å². The largest absolute Gasteiger partial charge is 0.496 e. The van der Waals surface area contributed by atoms with E-state index in [1.807, 2.05) is 0 Å². The molecule has 0 spiro atoms. The lowest BCUT2D eigenvalue weighted by Crippen LogP contribution is -2.36. The van der Waals surface area contributed by atoms with Gasteiger partial charge in [-0.25, -0.2) is 13.8 Å². The predicted molar refractivity (Wildman–Crippen MR) is 69.9 cm³/mol. The molecule has 0 unspecified atom stereocenters. The molecule has 112 valence electrons. The van der Waals surface area contributed by atoms with Gasteiger partial charge in [0, 0.05) is 6.04 Å². The Morgan fingerprint density at radius 1 is 1.48 bits per heavy atom. The van der Waals surface area contributed by atoms with Crippen molar-refractivity contribution in [2.24, 2.45) is 0 Å². The smallest absolute Gasteiger partial charge is 0.258 e. The van der Waals surface area contributed by atoms with Crippen LogP contribution in [0.4, 0.5) is 8.78 Å². The number of methoxy groups -OCH3 is 1. The molecule has 0 saturated carbocycles. The van der Waals surface area contributed by atoms with E-state index in [-0.39, 0.29) is 11.8 Å². The third kappa shape index (κ3) is 3.33. The first-order chi connectivity index (χ1) is 10.0. The lowest BCUT2D eigenvalue weighted by atomic mass is 10.1. The molecule has 0 aliphatic heterocycles. The number of hydrogen-bond acceptors (Lipinski definition) is 4. The van der Waals surface area contributed by atoms with Gasteiger partial charge in [0.1, 0.15) is 24.0 Å². The van der Waals surface area contributed by atoms with Crippen LogP contribution in [0.3, 0.4) is 0 Å². The molecule has 2 aromatic rings. The summed E-state index contributed by atoms with van der Waals surface area (Å²) in [6, 6.07) is 1.76. The van der Waals surface area contributed by atoms with Gasteiger partial charge in [-0.1, -0.05) is 0 Å². The van der Waals surface area contributed by atoms with Crippen LogP contribution in [-0.4, -0.2) is 33.8 Å². The number of carbonyl (C=O) groups excluding carboxylic acids is 1. The summed E-state index contributed by atoms with van der Waals surface area (Å²) >= 11 is 0. The van der Waals surface area contributed by atoms with Gasteiger partial charge in [-0.2, -0.15) is 5.10 Å². The van der Waals surface area contributed by atoms with Crippen molar-refractivity contribution in [2.75, 3.05) is 7.11 Å². The molecule has 2 rings (SSSR count). The van der Waals surface area contributed by atoms with E-state index >= 15 is 0 Å². The molecule has 21 heavy (non-hydrogen) atoms. The van der Waals surface area contributed by atoms with Gasteiger partial charge in [0.2, 0.25) is 0 Å². The maximum absolute atomic E-state index is 13.8. The first-order valence-corrected chi connectivity index (χ1v) is 6.18. The van der Waals surface area contributed by atoms with Crippen LogP contribution in [0, 0.1) is 11.6 Å². The average molecular weight is 296 g/mol. The summed E-state index contributed by atoms with van der Waals surface area (Å²) in [7, 11) is 1.28. The zero-order chi connectivity index (χ0) is 15.4. The van der Waals surface area contributed by atoms with Crippen LogP contribution in [0.5, 0.6) is 5.75 Å². The van der Waals surface area contributed by atoms with Crippen molar-refractivity contribution >= 4 is 5.91 Å². The average Bonchev–Trinajstić information content (AvgIpc) is 2.94. The van der Waals surface area contributed by atoms with E-state index in [9.17, 15) is 13.6 Å². The predicted octanol–water partition coefficient (Wildman–Crippen LogP) is 1.38. The maximum atomic E-state index is 13.8. The second-order valence-electron chi connectivity index (χ2n) is 4.43. The van der Waals surface area contributed by atoms with Crippen LogP contribution in [0.25, 0.3) is 0 Å². The molecule has 0 bridgehead atoms. The van der Waals surface area contributed by atoms with Gasteiger partial charge in [0.05, 0.1) is 13.7 Å². The summed E-state index contributed by atoms with van der Waals surface area (Å²) in [6.07, 6.45) is 2.86. The van der Waals surface area contributed by atoms with Gasteiger partial charge in [-0.15, -0.1) is 0 Å². The first kappa shape index (κ1) is 14.9. The normalized spacial score (nSPS) is 12.0. The van der Waals surface area contributed by atoms with E-state index in [4.69, 9.17) is 4.74 Å². The van der Waals surface area contributed by atoms with E-state index in [1.54, 1.807) is 6.92 Å². The van der Waals surface area contributed by atoms with Crippen molar-refractivity contribution in [3.63, 3.8) is 0 Å². The molecule has 1 amide bonds. The molecular weight excluding hydrogens is 282 g/mol. The zero-order valence-electron chi connectivity index (χ0n) is 11.5. The standard InChI is InChI=1S/C13H14F2N4O2/c1-8(5-19-7-16-6-17-19)18-13(20)11-10(21-2)4-3-9(14)12(11)15/h3-4,6-8H,5H2,1-2H3,(H,18,20)/t8-/m1/s1. The summed E-state index contributed by atoms with van der Waals surface area (Å²) in [5.74, 6) is -3.12. The highest BCUT2D eigenvalue weighted by Gasteiger charge is 2.22. The van der Waals surface area contributed by atoms with Crippen LogP contribution < -0.4 is 10.1 Å². The summed E-state index contributed by atoms with van der Waals surface area (Å²) in [6.45, 7) is 2.06. The van der Waals surface area contributed by atoms with Gasteiger partial charge in [-0.3, -0.25) is 9.48 Å². The number of halogens is 2. The maximum Gasteiger partial charge on any atom is 0.258 e. The quantitative estimate of drug-likeness (QED) is 0.905. The Morgan fingerprint density at radius 2 is 2.24 bits per heavy atom. The van der Waals surface area contributed by atoms with Crippen LogP contribution in [0.1, 0.15) is 17.3 Å². The molecule has 1 heterocycles. The Balaban J connectivity index is 2.14. The van der Waals surface area contributed by atoms with Crippen molar-refractivity contribution in [2.45, 2.75) is 19.5 Å². The molecule has 0 aliphatic rings. The van der Waals surface area contributed by atoms with Crippen molar-refractivity contribution in [3.05, 3.63) is 42.0 Å². The molecule has 8 heteroatoms. The summed E-state index contributed by atoms with van der Waals surface area (Å²) in [4.78, 5) is 15.9. The Bertz CT molecular complexity index is 631. The molecule has 0 aliphatic carbocycles. The lowest BCUT2D eigenvalue weighted by molar-refractivity contribution is 0.0927. The monoisotopic (exact) mass is 296 g/mol. The number of benzene rings is 1. The van der Waals surface area contributed by atoms with Gasteiger partial charge < -0.3 is 10.1 Å². The highest BCUT2D eigenvalue weighted by Crippen LogP contribution is 2.23. The molecule has 1 N–H and O–H groups in total. The minimum atomic E-state index is -1.24. The van der Waals surface area contributed by atoms with Crippen molar-refractivity contribution < 1.29 is 18.3 Å². The summed E-state index contributed by atoms with van der Waals surface area (Å²) in [5.41, 5.74) is -0.456. The Morgan fingerprint density at radius 3 is 2.86 bits per heavy atom. The fourth-order valence-electron chi connectivity index (χ4n) is 1.86. The van der Waals surface area contributed by atoms with Gasteiger partial charge in [0.15, 0.2) is 11.6 Å². The molecule has 6 nitrogen and oxygen atoms in total. The molecule has 1 aromatic carbocycles. The van der Waals surface area contributed by atoms with Gasteiger partial charge >= 0.3 is 0 Å². The molecule has 0 fully saturated rings. The number of rotatable bonds is 5. The fourth-order valence-corrected chi connectivity index (χ4v) is 1.86. The lowest BCUT2D eigenvalue weighted by Gasteiger charge is -2.15. The highest BCUT2D eigenvalue weighted by molar-refractivity contribution is 5.97.